The third kappa shape index (κ3) is 2.60. The Morgan fingerprint density at radius 3 is 2.72 bits per heavy atom. The van der Waals surface area contributed by atoms with Crippen LogP contribution in [0.3, 0.4) is 0 Å². The van der Waals surface area contributed by atoms with Crippen LogP contribution >= 0.6 is 11.6 Å². The van der Waals surface area contributed by atoms with E-state index in [2.05, 4.69) is 14.7 Å². The fourth-order valence-corrected chi connectivity index (χ4v) is 2.85. The van der Waals surface area contributed by atoms with E-state index in [1.165, 1.54) is 24.7 Å². The lowest BCUT2D eigenvalue weighted by Crippen LogP contribution is -2.15. The largest absolute Gasteiger partial charge is 0.266 e. The third-order valence-electron chi connectivity index (χ3n) is 2.26. The predicted octanol–water partition coefficient (Wildman–Crippen LogP) is 2.24. The minimum Gasteiger partial charge on any atom is -0.263 e. The van der Waals surface area contributed by atoms with Gasteiger partial charge in [0, 0.05) is 18.6 Å². The summed E-state index contributed by atoms with van der Waals surface area (Å²) in [5, 5.41) is 0.117. The van der Waals surface area contributed by atoms with Gasteiger partial charge in [0.05, 0.1) is 5.02 Å². The second-order valence-corrected chi connectivity index (χ2v) is 5.64. The van der Waals surface area contributed by atoms with E-state index in [0.29, 0.717) is 0 Å². The maximum atomic E-state index is 12.1. The highest BCUT2D eigenvalue weighted by molar-refractivity contribution is 7.92. The number of hydrogen-bond donors (Lipinski definition) is 1. The summed E-state index contributed by atoms with van der Waals surface area (Å²) < 4.78 is 26.6. The van der Waals surface area contributed by atoms with Gasteiger partial charge in [-0.15, -0.1) is 0 Å². The Morgan fingerprint density at radius 1 is 1.28 bits per heavy atom. The molecule has 0 radical (unpaired) electrons. The van der Waals surface area contributed by atoms with Gasteiger partial charge in [-0.2, -0.15) is 0 Å². The zero-order chi connectivity index (χ0) is 13.2. The molecule has 0 saturated carbocycles. The molecule has 2 aromatic rings. The molecule has 0 amide bonds. The molecule has 0 aliphatic carbocycles. The Bertz CT molecular complexity index is 673. The van der Waals surface area contributed by atoms with Gasteiger partial charge < -0.3 is 0 Å². The van der Waals surface area contributed by atoms with Gasteiger partial charge in [0.2, 0.25) is 0 Å². The van der Waals surface area contributed by atoms with Crippen LogP contribution in [-0.4, -0.2) is 18.4 Å². The molecule has 2 heterocycles. The van der Waals surface area contributed by atoms with E-state index in [1.54, 1.807) is 19.1 Å². The van der Waals surface area contributed by atoms with Crippen LogP contribution in [-0.2, 0) is 10.0 Å². The van der Waals surface area contributed by atoms with Crippen molar-refractivity contribution in [2.45, 2.75) is 11.8 Å². The minimum absolute atomic E-state index is 0.0725. The van der Waals surface area contributed by atoms with Crippen molar-refractivity contribution in [1.82, 2.24) is 9.97 Å². The van der Waals surface area contributed by atoms with Crippen LogP contribution in [0.1, 0.15) is 5.56 Å². The molecule has 0 fully saturated rings. The molecule has 2 aromatic heterocycles. The Morgan fingerprint density at radius 2 is 2.06 bits per heavy atom. The van der Waals surface area contributed by atoms with Crippen molar-refractivity contribution < 1.29 is 8.42 Å². The van der Waals surface area contributed by atoms with Gasteiger partial charge in [0.25, 0.3) is 10.0 Å². The first-order valence-corrected chi connectivity index (χ1v) is 6.91. The highest BCUT2D eigenvalue weighted by atomic mass is 35.5. The maximum Gasteiger partial charge on any atom is 0.266 e. The first-order chi connectivity index (χ1) is 8.50. The second kappa shape index (κ2) is 4.91. The first-order valence-electron chi connectivity index (χ1n) is 5.04. The average molecular weight is 284 g/mol. The summed E-state index contributed by atoms with van der Waals surface area (Å²) in [6.07, 6.45) is 4.13. The van der Waals surface area contributed by atoms with Crippen LogP contribution in [0.2, 0.25) is 5.02 Å². The monoisotopic (exact) mass is 283 g/mol. The van der Waals surface area contributed by atoms with Crippen molar-refractivity contribution in [3.05, 3.63) is 47.4 Å². The second-order valence-electron chi connectivity index (χ2n) is 3.58. The molecule has 5 nitrogen and oxygen atoms in total. The zero-order valence-electron chi connectivity index (χ0n) is 9.46. The van der Waals surface area contributed by atoms with Crippen LogP contribution in [0, 0.1) is 6.92 Å². The van der Waals surface area contributed by atoms with Crippen molar-refractivity contribution in [3.63, 3.8) is 0 Å². The van der Waals surface area contributed by atoms with Gasteiger partial charge in [0.15, 0.2) is 0 Å². The fourth-order valence-electron chi connectivity index (χ4n) is 1.34. The van der Waals surface area contributed by atoms with Gasteiger partial charge >= 0.3 is 0 Å². The predicted molar refractivity (Wildman–Crippen MR) is 69.0 cm³/mol. The van der Waals surface area contributed by atoms with E-state index in [-0.39, 0.29) is 15.7 Å². The van der Waals surface area contributed by atoms with Gasteiger partial charge in [-0.25, -0.2) is 13.4 Å². The minimum atomic E-state index is -3.77. The number of aromatic nitrogens is 2. The van der Waals surface area contributed by atoms with E-state index >= 15 is 0 Å². The lowest BCUT2D eigenvalue weighted by molar-refractivity contribution is 0.600. The molecule has 0 spiro atoms. The number of sulfonamides is 1. The number of halogens is 1. The molecule has 1 N–H and O–H groups in total. The summed E-state index contributed by atoms with van der Waals surface area (Å²) in [4.78, 5) is 7.64. The molecule has 18 heavy (non-hydrogen) atoms. The van der Waals surface area contributed by atoms with Crippen LogP contribution in [0.25, 0.3) is 0 Å². The van der Waals surface area contributed by atoms with Crippen molar-refractivity contribution >= 4 is 27.4 Å². The summed E-state index contributed by atoms with van der Waals surface area (Å²) in [5.41, 5.74) is 0.723. The molecule has 0 saturated heterocycles. The molecule has 0 bridgehead atoms. The third-order valence-corrected chi connectivity index (χ3v) is 4.07. The van der Waals surface area contributed by atoms with Crippen molar-refractivity contribution in [2.24, 2.45) is 0 Å². The van der Waals surface area contributed by atoms with Crippen molar-refractivity contribution in [1.29, 1.82) is 0 Å². The summed E-state index contributed by atoms with van der Waals surface area (Å²) >= 11 is 5.84. The number of hydrogen-bond acceptors (Lipinski definition) is 4. The quantitative estimate of drug-likeness (QED) is 0.938. The Balaban J connectivity index is 2.40. The van der Waals surface area contributed by atoms with Gasteiger partial charge in [-0.05, 0) is 24.6 Å². The van der Waals surface area contributed by atoms with E-state index in [4.69, 9.17) is 11.6 Å². The molecule has 0 atom stereocenters. The maximum absolute atomic E-state index is 12.1. The number of nitrogens with one attached hydrogen (secondary N) is 1. The Labute approximate surface area is 110 Å². The van der Waals surface area contributed by atoms with Crippen molar-refractivity contribution in [2.75, 3.05) is 4.72 Å². The molecule has 7 heteroatoms. The summed E-state index contributed by atoms with van der Waals surface area (Å²) in [5.74, 6) is 0.275. The Kier molecular flexibility index (Phi) is 3.49. The number of anilines is 1. The van der Waals surface area contributed by atoms with Gasteiger partial charge in [-0.1, -0.05) is 17.7 Å². The lowest BCUT2D eigenvalue weighted by atomic mass is 10.3. The molecule has 0 aromatic carbocycles. The SMILES string of the molecule is Cc1cccnc1NS(=O)(=O)c1cnccc1Cl. The molecule has 0 aliphatic heterocycles. The molecule has 0 aliphatic rings. The molecular formula is C11H10ClN3O2S. The first kappa shape index (κ1) is 12.8. The summed E-state index contributed by atoms with van der Waals surface area (Å²) in [6.45, 7) is 1.76. The van der Waals surface area contributed by atoms with Crippen LogP contribution in [0.5, 0.6) is 0 Å². The zero-order valence-corrected chi connectivity index (χ0v) is 11.0. The van der Waals surface area contributed by atoms with E-state index in [1.807, 2.05) is 0 Å². The normalized spacial score (nSPS) is 11.2. The summed E-state index contributed by atoms with van der Waals surface area (Å²) in [6, 6.07) is 4.90. The Hall–Kier alpha value is -1.66. The fraction of sp³-hybridized carbons (Fsp3) is 0.0909. The number of pyridine rings is 2. The molecule has 2 rings (SSSR count). The van der Waals surface area contributed by atoms with E-state index < -0.39 is 10.0 Å². The van der Waals surface area contributed by atoms with Crippen LogP contribution in [0.15, 0.2) is 41.7 Å². The smallest absolute Gasteiger partial charge is 0.263 e. The topological polar surface area (TPSA) is 72.0 Å². The number of aryl methyl sites for hydroxylation is 1. The van der Waals surface area contributed by atoms with Crippen molar-refractivity contribution in [3.8, 4) is 0 Å². The average Bonchev–Trinajstić information content (AvgIpc) is 2.32. The number of rotatable bonds is 3. The van der Waals surface area contributed by atoms with E-state index in [9.17, 15) is 8.42 Å². The lowest BCUT2D eigenvalue weighted by Gasteiger charge is -2.09. The number of nitrogens with zero attached hydrogens (tertiary/aromatic N) is 2. The summed E-state index contributed by atoms with van der Waals surface area (Å²) in [7, 11) is -3.77. The highest BCUT2D eigenvalue weighted by Gasteiger charge is 2.19. The molecular weight excluding hydrogens is 274 g/mol. The van der Waals surface area contributed by atoms with Gasteiger partial charge in [0.1, 0.15) is 10.7 Å². The standard InChI is InChI=1S/C11H10ClN3O2S/c1-8-3-2-5-14-11(8)15-18(16,17)10-7-13-6-4-9(10)12/h2-7H,1H3,(H,14,15). The molecule has 94 valence electrons. The van der Waals surface area contributed by atoms with Crippen LogP contribution < -0.4 is 4.72 Å². The van der Waals surface area contributed by atoms with Crippen LogP contribution in [0.4, 0.5) is 5.82 Å². The van der Waals surface area contributed by atoms with E-state index in [0.717, 1.165) is 5.56 Å². The molecule has 0 unspecified atom stereocenters. The highest BCUT2D eigenvalue weighted by Crippen LogP contribution is 2.22. The van der Waals surface area contributed by atoms with Gasteiger partial charge in [-0.3, -0.25) is 9.71 Å².